The summed E-state index contributed by atoms with van der Waals surface area (Å²) >= 11 is 9.19. The van der Waals surface area contributed by atoms with E-state index < -0.39 is 11.9 Å². The van der Waals surface area contributed by atoms with Crippen LogP contribution in [-0.4, -0.2) is 18.2 Å². The van der Waals surface area contributed by atoms with E-state index in [1.807, 2.05) is 30.3 Å². The Balaban J connectivity index is 2.25. The summed E-state index contributed by atoms with van der Waals surface area (Å²) in [7, 11) is 1.63. The van der Waals surface area contributed by atoms with Gasteiger partial charge in [-0.2, -0.15) is 0 Å². The van der Waals surface area contributed by atoms with Crippen molar-refractivity contribution in [2.24, 2.45) is 5.92 Å². The van der Waals surface area contributed by atoms with Crippen molar-refractivity contribution in [1.29, 1.82) is 0 Å². The predicted molar refractivity (Wildman–Crippen MR) is 108 cm³/mol. The number of aliphatic carboxylic acids is 1. The molecule has 24 heavy (non-hydrogen) atoms. The molecule has 1 atom stereocenters. The van der Waals surface area contributed by atoms with Crippen LogP contribution in [0.2, 0.25) is 0 Å². The minimum Gasteiger partial charge on any atom is -0.496 e. The van der Waals surface area contributed by atoms with Gasteiger partial charge < -0.3 is 14.6 Å². The van der Waals surface area contributed by atoms with Gasteiger partial charge in [-0.25, -0.2) is 0 Å². The van der Waals surface area contributed by atoms with E-state index in [1.54, 1.807) is 14.0 Å². The number of halogens is 3. The first-order valence-corrected chi connectivity index (χ1v) is 9.70. The third kappa shape index (κ3) is 4.86. The van der Waals surface area contributed by atoms with E-state index in [9.17, 15) is 4.79 Å². The van der Waals surface area contributed by atoms with Crippen LogP contribution in [0.5, 0.6) is 17.2 Å². The van der Waals surface area contributed by atoms with Gasteiger partial charge in [0.1, 0.15) is 11.5 Å². The molecule has 128 valence electrons. The van der Waals surface area contributed by atoms with E-state index in [0.29, 0.717) is 17.9 Å². The van der Waals surface area contributed by atoms with Gasteiger partial charge in [-0.05, 0) is 96.8 Å². The molecule has 0 saturated carbocycles. The van der Waals surface area contributed by atoms with E-state index in [0.717, 1.165) is 23.8 Å². The van der Waals surface area contributed by atoms with Gasteiger partial charge in [0.25, 0.3) is 0 Å². The predicted octanol–water partition coefficient (Wildman–Crippen LogP) is 5.88. The summed E-state index contributed by atoms with van der Waals surface area (Å²) in [6.07, 6.45) is 0.452. The molecule has 0 bridgehead atoms. The molecule has 0 amide bonds. The highest BCUT2D eigenvalue weighted by Crippen LogP contribution is 2.39. The van der Waals surface area contributed by atoms with Crippen molar-refractivity contribution in [2.45, 2.75) is 13.3 Å². The zero-order chi connectivity index (χ0) is 17.9. The van der Waals surface area contributed by atoms with Crippen LogP contribution in [0.3, 0.4) is 0 Å². The molecule has 0 radical (unpaired) electrons. The summed E-state index contributed by atoms with van der Waals surface area (Å²) in [6, 6.07) is 9.34. The van der Waals surface area contributed by atoms with E-state index in [4.69, 9.17) is 14.6 Å². The van der Waals surface area contributed by atoms with Crippen molar-refractivity contribution < 1.29 is 19.4 Å². The van der Waals surface area contributed by atoms with E-state index in [-0.39, 0.29) is 0 Å². The van der Waals surface area contributed by atoms with Gasteiger partial charge in [0.2, 0.25) is 0 Å². The highest BCUT2D eigenvalue weighted by molar-refractivity contribution is 14.1. The highest BCUT2D eigenvalue weighted by atomic mass is 127. The summed E-state index contributed by atoms with van der Waals surface area (Å²) < 4.78 is 13.7. The number of carboxylic acid groups (broad SMARTS) is 1. The number of methoxy groups -OCH3 is 1. The van der Waals surface area contributed by atoms with Gasteiger partial charge >= 0.3 is 5.97 Å². The SMILES string of the molecule is COc1ccc(Oc2c(Br)cc(CC(C)C(=O)O)cc2Br)cc1I. The summed E-state index contributed by atoms with van der Waals surface area (Å²) in [5.41, 5.74) is 0.917. The second kappa shape index (κ2) is 8.53. The number of carboxylic acids is 1. The molecule has 0 aliphatic carbocycles. The minimum atomic E-state index is -0.810. The second-order valence-electron chi connectivity index (χ2n) is 5.23. The minimum absolute atomic E-state index is 0.446. The molecular weight excluding hydrogens is 555 g/mol. The number of hydrogen-bond donors (Lipinski definition) is 1. The summed E-state index contributed by atoms with van der Waals surface area (Å²) in [5.74, 6) is 0.865. The zero-order valence-electron chi connectivity index (χ0n) is 13.0. The van der Waals surface area contributed by atoms with Crippen molar-refractivity contribution in [1.82, 2.24) is 0 Å². The van der Waals surface area contributed by atoms with Gasteiger partial charge in [-0.15, -0.1) is 0 Å². The molecule has 1 N–H and O–H groups in total. The van der Waals surface area contributed by atoms with Crippen molar-refractivity contribution in [2.75, 3.05) is 7.11 Å². The molecule has 2 rings (SSSR count). The van der Waals surface area contributed by atoms with Gasteiger partial charge in [0, 0.05) is 0 Å². The van der Waals surface area contributed by atoms with Crippen LogP contribution in [0.25, 0.3) is 0 Å². The zero-order valence-corrected chi connectivity index (χ0v) is 18.3. The van der Waals surface area contributed by atoms with Crippen molar-refractivity contribution in [3.05, 3.63) is 48.4 Å². The maximum Gasteiger partial charge on any atom is 0.306 e. The first kappa shape index (κ1) is 19.5. The van der Waals surface area contributed by atoms with Crippen molar-refractivity contribution in [3.63, 3.8) is 0 Å². The van der Waals surface area contributed by atoms with Crippen LogP contribution < -0.4 is 9.47 Å². The topological polar surface area (TPSA) is 55.8 Å². The van der Waals surface area contributed by atoms with E-state index >= 15 is 0 Å². The Morgan fingerprint density at radius 3 is 2.38 bits per heavy atom. The van der Waals surface area contributed by atoms with E-state index in [1.165, 1.54) is 0 Å². The molecule has 0 aromatic heterocycles. The Kier molecular flexibility index (Phi) is 6.94. The lowest BCUT2D eigenvalue weighted by Crippen LogP contribution is -2.12. The molecule has 0 heterocycles. The molecule has 0 fully saturated rings. The Labute approximate surface area is 170 Å². The van der Waals surface area contributed by atoms with Crippen LogP contribution >= 0.6 is 54.5 Å². The first-order valence-electron chi connectivity index (χ1n) is 7.04. The van der Waals surface area contributed by atoms with Gasteiger partial charge in [-0.3, -0.25) is 4.79 Å². The summed E-state index contributed by atoms with van der Waals surface area (Å²) in [5, 5.41) is 9.04. The van der Waals surface area contributed by atoms with Crippen LogP contribution in [0.15, 0.2) is 39.3 Å². The number of benzene rings is 2. The number of ether oxygens (including phenoxy) is 2. The molecule has 0 saturated heterocycles. The summed E-state index contributed by atoms with van der Waals surface area (Å²) in [4.78, 5) is 11.0. The molecule has 1 unspecified atom stereocenters. The number of carbonyl (C=O) groups is 1. The second-order valence-corrected chi connectivity index (χ2v) is 8.10. The van der Waals surface area contributed by atoms with Crippen LogP contribution in [0.4, 0.5) is 0 Å². The Morgan fingerprint density at radius 2 is 1.88 bits per heavy atom. The highest BCUT2D eigenvalue weighted by Gasteiger charge is 2.16. The molecule has 0 aliphatic heterocycles. The van der Waals surface area contributed by atoms with Crippen molar-refractivity contribution >= 4 is 60.4 Å². The third-order valence-corrected chi connectivity index (χ3v) is 5.39. The molecule has 0 spiro atoms. The standard InChI is InChI=1S/C17H15Br2IO4/c1-9(17(21)22)5-10-6-12(18)16(13(19)7-10)24-11-3-4-15(23-2)14(20)8-11/h3-4,6-9H,5H2,1-2H3,(H,21,22). The molecule has 4 nitrogen and oxygen atoms in total. The Morgan fingerprint density at radius 1 is 1.25 bits per heavy atom. The quantitative estimate of drug-likeness (QED) is 0.442. The molecule has 2 aromatic rings. The van der Waals surface area contributed by atoms with Gasteiger partial charge in [0.15, 0.2) is 5.75 Å². The van der Waals surface area contributed by atoms with Crippen LogP contribution in [-0.2, 0) is 11.2 Å². The Hall–Kier alpha value is -0.800. The normalized spacial score (nSPS) is 11.9. The number of hydrogen-bond acceptors (Lipinski definition) is 3. The van der Waals surface area contributed by atoms with Gasteiger partial charge in [-0.1, -0.05) is 6.92 Å². The van der Waals surface area contributed by atoms with Crippen molar-refractivity contribution in [3.8, 4) is 17.2 Å². The lowest BCUT2D eigenvalue weighted by Gasteiger charge is -2.14. The Bertz CT molecular complexity index is 741. The lowest BCUT2D eigenvalue weighted by molar-refractivity contribution is -0.141. The average molecular weight is 570 g/mol. The average Bonchev–Trinajstić information content (AvgIpc) is 2.51. The summed E-state index contributed by atoms with van der Waals surface area (Å²) in [6.45, 7) is 1.69. The van der Waals surface area contributed by atoms with Crippen LogP contribution in [0.1, 0.15) is 12.5 Å². The molecule has 0 aliphatic rings. The van der Waals surface area contributed by atoms with Crippen LogP contribution in [0, 0.1) is 9.49 Å². The molecule has 2 aromatic carbocycles. The molecular formula is C17H15Br2IO4. The van der Waals surface area contributed by atoms with E-state index in [2.05, 4.69) is 54.5 Å². The number of rotatable bonds is 6. The van der Waals surface area contributed by atoms with Gasteiger partial charge in [0.05, 0.1) is 25.5 Å². The largest absolute Gasteiger partial charge is 0.496 e. The maximum absolute atomic E-state index is 11.0. The first-order chi connectivity index (χ1) is 11.3. The molecule has 7 heteroatoms. The fourth-order valence-electron chi connectivity index (χ4n) is 2.10. The maximum atomic E-state index is 11.0. The monoisotopic (exact) mass is 568 g/mol. The fraction of sp³-hybridized carbons (Fsp3) is 0.235. The smallest absolute Gasteiger partial charge is 0.306 e. The fourth-order valence-corrected chi connectivity index (χ4v) is 4.25. The third-order valence-electron chi connectivity index (χ3n) is 3.36. The lowest BCUT2D eigenvalue weighted by atomic mass is 10.0.